The Hall–Kier alpha value is -0.220. The lowest BCUT2D eigenvalue weighted by Crippen LogP contribution is -2.21. The average Bonchev–Trinajstić information content (AvgIpc) is 1.56. The summed E-state index contributed by atoms with van der Waals surface area (Å²) in [4.78, 5) is 0. The highest BCUT2D eigenvalue weighted by Crippen LogP contribution is 2.46. The van der Waals surface area contributed by atoms with Crippen LogP contribution in [0.4, 0.5) is 3.89 Å². The minimum Gasteiger partial charge on any atom is -0.830 e. The van der Waals surface area contributed by atoms with E-state index in [1.807, 2.05) is 0 Å². The molecule has 0 aromatic heterocycles. The summed E-state index contributed by atoms with van der Waals surface area (Å²) in [7, 11) is -7.03. The second kappa shape index (κ2) is 3.03. The molecular weight excluding hydrogens is 192 g/mol. The molecule has 0 saturated heterocycles. The first-order valence-electron chi connectivity index (χ1n) is 2.66. The standard InChI is InChI=1S/C4H9FNO3PS/c1-10(2,3)4(7)6-11(5,8)9/h1-3H3. The highest BCUT2D eigenvalue weighted by Gasteiger charge is 2.20. The van der Waals surface area contributed by atoms with E-state index in [4.69, 9.17) is 0 Å². The molecule has 7 heteroatoms. The van der Waals surface area contributed by atoms with Gasteiger partial charge in [0.05, 0.1) is 20.0 Å². The van der Waals surface area contributed by atoms with Crippen molar-refractivity contribution in [3.8, 4) is 0 Å². The van der Waals surface area contributed by atoms with Gasteiger partial charge in [-0.3, -0.25) is 0 Å². The first kappa shape index (κ1) is 10.8. The summed E-state index contributed by atoms with van der Waals surface area (Å²) in [6, 6.07) is 0. The summed E-state index contributed by atoms with van der Waals surface area (Å²) in [5.41, 5.74) is -0.875. The summed E-state index contributed by atoms with van der Waals surface area (Å²) < 4.78 is 33.9. The first-order chi connectivity index (χ1) is 4.63. The van der Waals surface area contributed by atoms with E-state index in [0.29, 0.717) is 0 Å². The Bertz CT molecular complexity index is 266. The largest absolute Gasteiger partial charge is 0.830 e. The predicted molar refractivity (Wildman–Crippen MR) is 42.2 cm³/mol. The third-order valence-corrected chi connectivity index (χ3v) is 2.53. The van der Waals surface area contributed by atoms with E-state index in [1.165, 1.54) is 0 Å². The fraction of sp³-hybridized carbons (Fsp3) is 0.750. The minimum absolute atomic E-state index is 0.875. The zero-order chi connectivity index (χ0) is 9.28. The zero-order valence-corrected chi connectivity index (χ0v) is 8.12. The van der Waals surface area contributed by atoms with Crippen molar-refractivity contribution in [2.75, 3.05) is 20.0 Å². The summed E-state index contributed by atoms with van der Waals surface area (Å²) in [6.45, 7) is 4.68. The Morgan fingerprint density at radius 1 is 1.45 bits per heavy atom. The van der Waals surface area contributed by atoms with Crippen LogP contribution in [0, 0.1) is 0 Å². The van der Waals surface area contributed by atoms with Gasteiger partial charge in [-0.25, -0.2) is 0 Å². The van der Waals surface area contributed by atoms with Crippen molar-refractivity contribution in [1.29, 1.82) is 0 Å². The van der Waals surface area contributed by atoms with Gasteiger partial charge in [-0.05, 0) is 0 Å². The quantitative estimate of drug-likeness (QED) is 0.269. The van der Waals surface area contributed by atoms with Gasteiger partial charge in [0.2, 0.25) is 0 Å². The Labute approximate surface area is 65.8 Å². The van der Waals surface area contributed by atoms with Crippen LogP contribution >= 0.6 is 7.26 Å². The van der Waals surface area contributed by atoms with Gasteiger partial charge < -0.3 is 5.11 Å². The van der Waals surface area contributed by atoms with Crippen LogP contribution < -0.4 is 5.11 Å². The number of rotatable bonds is 2. The minimum atomic E-state index is -5.00. The molecule has 0 aliphatic heterocycles. The number of hydrogen-bond acceptors (Lipinski definition) is 3. The van der Waals surface area contributed by atoms with E-state index in [1.54, 1.807) is 20.0 Å². The van der Waals surface area contributed by atoms with Crippen molar-refractivity contribution < 1.29 is 17.4 Å². The smallest absolute Gasteiger partial charge is 0.420 e. The molecule has 0 unspecified atom stereocenters. The highest BCUT2D eigenvalue weighted by molar-refractivity contribution is 7.91. The second-order valence-corrected chi connectivity index (χ2v) is 8.21. The van der Waals surface area contributed by atoms with E-state index >= 15 is 0 Å². The SMILES string of the molecule is C[P+](C)(C)/C([O-])=N/S(=O)(=O)F. The maximum atomic E-state index is 11.8. The van der Waals surface area contributed by atoms with Crippen molar-refractivity contribution in [1.82, 2.24) is 0 Å². The molecule has 0 spiro atoms. The molecule has 0 atom stereocenters. The summed E-state index contributed by atoms with van der Waals surface area (Å²) in [6.07, 6.45) is 0. The van der Waals surface area contributed by atoms with Crippen LogP contribution in [0.5, 0.6) is 0 Å². The van der Waals surface area contributed by atoms with E-state index in [2.05, 4.69) is 4.40 Å². The molecule has 0 bridgehead atoms. The van der Waals surface area contributed by atoms with Crippen molar-refractivity contribution in [3.05, 3.63) is 0 Å². The van der Waals surface area contributed by atoms with Gasteiger partial charge in [0.25, 0.3) is 0 Å². The Morgan fingerprint density at radius 3 is 1.91 bits per heavy atom. The maximum absolute atomic E-state index is 11.8. The molecule has 4 nitrogen and oxygen atoms in total. The Balaban J connectivity index is 4.78. The molecule has 0 fully saturated rings. The molecular formula is C4H9FNO3PS. The van der Waals surface area contributed by atoms with Crippen LogP contribution in [0.3, 0.4) is 0 Å². The van der Waals surface area contributed by atoms with Crippen molar-refractivity contribution in [2.45, 2.75) is 0 Å². The Morgan fingerprint density at radius 2 is 1.82 bits per heavy atom. The fourth-order valence-electron chi connectivity index (χ4n) is 0.216. The van der Waals surface area contributed by atoms with Crippen LogP contribution in [0.1, 0.15) is 0 Å². The van der Waals surface area contributed by atoms with E-state index in [9.17, 15) is 17.4 Å². The summed E-state index contributed by atoms with van der Waals surface area (Å²) in [5.74, 6) is 0. The number of nitrogens with zero attached hydrogens (tertiary/aromatic N) is 1. The Kier molecular flexibility index (Phi) is 2.97. The molecule has 0 heterocycles. The number of halogens is 1. The molecule has 0 aliphatic rings. The van der Waals surface area contributed by atoms with Gasteiger partial charge >= 0.3 is 10.4 Å². The lowest BCUT2D eigenvalue weighted by Gasteiger charge is -2.16. The van der Waals surface area contributed by atoms with Gasteiger partial charge in [-0.1, -0.05) is 3.89 Å². The molecule has 66 valence electrons. The van der Waals surface area contributed by atoms with Crippen LogP contribution in [-0.2, 0) is 10.4 Å². The van der Waals surface area contributed by atoms with Gasteiger partial charge in [0.1, 0.15) is 5.64 Å². The molecule has 11 heavy (non-hydrogen) atoms. The van der Waals surface area contributed by atoms with Crippen LogP contribution in [0.15, 0.2) is 4.40 Å². The zero-order valence-electron chi connectivity index (χ0n) is 6.41. The maximum Gasteiger partial charge on any atom is 0.420 e. The average molecular weight is 201 g/mol. The summed E-state index contributed by atoms with van der Waals surface area (Å²) >= 11 is 0. The lowest BCUT2D eigenvalue weighted by molar-refractivity contribution is -0.206. The van der Waals surface area contributed by atoms with Crippen molar-refractivity contribution in [2.24, 2.45) is 4.40 Å². The monoisotopic (exact) mass is 201 g/mol. The van der Waals surface area contributed by atoms with Crippen LogP contribution in [-0.4, -0.2) is 34.1 Å². The molecule has 0 radical (unpaired) electrons. The third kappa shape index (κ3) is 5.09. The molecule has 0 saturated carbocycles. The van der Waals surface area contributed by atoms with E-state index in [0.717, 1.165) is 0 Å². The van der Waals surface area contributed by atoms with Crippen LogP contribution in [0.2, 0.25) is 0 Å². The fourth-order valence-corrected chi connectivity index (χ4v) is 1.67. The van der Waals surface area contributed by atoms with Gasteiger partial charge in [-0.2, -0.15) is 8.42 Å². The molecule has 0 aromatic carbocycles. The normalized spacial score (nSPS) is 15.1. The van der Waals surface area contributed by atoms with Crippen molar-refractivity contribution in [3.63, 3.8) is 0 Å². The molecule has 0 N–H and O–H groups in total. The predicted octanol–water partition coefficient (Wildman–Crippen LogP) is -0.176. The molecule has 0 amide bonds. The van der Waals surface area contributed by atoms with Crippen molar-refractivity contribution >= 4 is 23.3 Å². The molecule has 0 aliphatic carbocycles. The van der Waals surface area contributed by atoms with Gasteiger partial charge in [0.15, 0.2) is 0 Å². The molecule has 0 rings (SSSR count). The van der Waals surface area contributed by atoms with E-state index < -0.39 is 23.3 Å². The highest BCUT2D eigenvalue weighted by atomic mass is 32.3. The second-order valence-electron chi connectivity index (χ2n) is 2.80. The molecule has 0 aromatic rings. The topological polar surface area (TPSA) is 69.6 Å². The van der Waals surface area contributed by atoms with Gasteiger partial charge in [0, 0.05) is 7.26 Å². The first-order valence-corrected chi connectivity index (χ1v) is 7.13. The van der Waals surface area contributed by atoms with E-state index in [-0.39, 0.29) is 0 Å². The van der Waals surface area contributed by atoms with Crippen LogP contribution in [0.25, 0.3) is 0 Å². The lowest BCUT2D eigenvalue weighted by atomic mass is 11.5. The third-order valence-electron chi connectivity index (χ3n) is 0.761. The summed E-state index contributed by atoms with van der Waals surface area (Å²) in [5, 5.41) is 10.7. The van der Waals surface area contributed by atoms with Gasteiger partial charge in [-0.15, -0.1) is 4.40 Å². The number of hydrogen-bond donors (Lipinski definition) is 0.